The van der Waals surface area contributed by atoms with E-state index >= 15 is 0 Å². The Bertz CT molecular complexity index is 375. The Morgan fingerprint density at radius 3 is 2.86 bits per heavy atom. The lowest BCUT2D eigenvalue weighted by Crippen LogP contribution is -2.59. The number of carbonyl (C=O) groups is 2. The van der Waals surface area contributed by atoms with Gasteiger partial charge >= 0.3 is 6.03 Å². The van der Waals surface area contributed by atoms with Gasteiger partial charge in [-0.3, -0.25) is 4.79 Å². The van der Waals surface area contributed by atoms with Crippen molar-refractivity contribution in [1.82, 2.24) is 15.1 Å². The largest absolute Gasteiger partial charge is 0.377 e. The number of rotatable bonds is 3. The van der Waals surface area contributed by atoms with E-state index in [0.29, 0.717) is 32.2 Å². The number of piperidine rings is 1. The quantitative estimate of drug-likeness (QED) is 0.847. The van der Waals surface area contributed by atoms with Gasteiger partial charge in [0.15, 0.2) is 0 Å². The van der Waals surface area contributed by atoms with E-state index in [9.17, 15) is 9.59 Å². The molecule has 6 heteroatoms. The van der Waals surface area contributed by atoms with Crippen molar-refractivity contribution in [3.63, 3.8) is 0 Å². The Hall–Kier alpha value is -1.30. The molecular formula is C15H27N3O3. The highest BCUT2D eigenvalue weighted by molar-refractivity contribution is 5.87. The summed E-state index contributed by atoms with van der Waals surface area (Å²) in [7, 11) is 0. The molecule has 2 heterocycles. The van der Waals surface area contributed by atoms with Gasteiger partial charge in [-0.1, -0.05) is 13.8 Å². The summed E-state index contributed by atoms with van der Waals surface area (Å²) in [5, 5.41) is 2.87. The molecule has 0 saturated carbocycles. The molecule has 6 nitrogen and oxygen atoms in total. The molecule has 0 spiro atoms. The SMILES string of the molecule is CCCNC(=O)C1COCCN1C(=O)N1CCCC(C)C1. The van der Waals surface area contributed by atoms with Gasteiger partial charge < -0.3 is 19.9 Å². The fourth-order valence-electron chi connectivity index (χ4n) is 2.96. The molecule has 2 fully saturated rings. The first kappa shape index (κ1) is 16.1. The van der Waals surface area contributed by atoms with Crippen LogP contribution in [0.1, 0.15) is 33.1 Å². The van der Waals surface area contributed by atoms with Crippen molar-refractivity contribution in [2.75, 3.05) is 39.4 Å². The molecule has 2 aliphatic heterocycles. The van der Waals surface area contributed by atoms with Crippen molar-refractivity contribution in [2.24, 2.45) is 5.92 Å². The molecule has 0 radical (unpaired) electrons. The number of hydrogen-bond acceptors (Lipinski definition) is 3. The number of ether oxygens (including phenoxy) is 1. The lowest BCUT2D eigenvalue weighted by Gasteiger charge is -2.40. The molecule has 0 bridgehead atoms. The van der Waals surface area contributed by atoms with Crippen LogP contribution >= 0.6 is 0 Å². The van der Waals surface area contributed by atoms with E-state index in [-0.39, 0.29) is 11.9 Å². The van der Waals surface area contributed by atoms with Gasteiger partial charge in [0.1, 0.15) is 6.04 Å². The monoisotopic (exact) mass is 297 g/mol. The van der Waals surface area contributed by atoms with Gasteiger partial charge in [-0.2, -0.15) is 0 Å². The smallest absolute Gasteiger partial charge is 0.320 e. The van der Waals surface area contributed by atoms with Gasteiger partial charge in [-0.05, 0) is 25.2 Å². The first-order chi connectivity index (χ1) is 10.1. The molecular weight excluding hydrogens is 270 g/mol. The molecule has 2 unspecified atom stereocenters. The average molecular weight is 297 g/mol. The molecule has 21 heavy (non-hydrogen) atoms. The van der Waals surface area contributed by atoms with Crippen LogP contribution in [0.4, 0.5) is 4.79 Å². The molecule has 2 rings (SSSR count). The minimum Gasteiger partial charge on any atom is -0.377 e. The summed E-state index contributed by atoms with van der Waals surface area (Å²) >= 11 is 0. The molecule has 2 atom stereocenters. The van der Waals surface area contributed by atoms with Crippen LogP contribution in [0.25, 0.3) is 0 Å². The normalized spacial score (nSPS) is 26.6. The first-order valence-corrected chi connectivity index (χ1v) is 8.04. The lowest BCUT2D eigenvalue weighted by molar-refractivity contribution is -0.130. The number of nitrogens with one attached hydrogen (secondary N) is 1. The molecule has 0 aromatic carbocycles. The third-order valence-electron chi connectivity index (χ3n) is 4.15. The number of morpholine rings is 1. The molecule has 2 aliphatic rings. The predicted molar refractivity (Wildman–Crippen MR) is 80.0 cm³/mol. The van der Waals surface area contributed by atoms with E-state index in [1.807, 2.05) is 11.8 Å². The van der Waals surface area contributed by atoms with Crippen molar-refractivity contribution in [3.05, 3.63) is 0 Å². The van der Waals surface area contributed by atoms with Crippen molar-refractivity contribution >= 4 is 11.9 Å². The van der Waals surface area contributed by atoms with Crippen LogP contribution in [-0.2, 0) is 9.53 Å². The fraction of sp³-hybridized carbons (Fsp3) is 0.867. The van der Waals surface area contributed by atoms with Crippen molar-refractivity contribution < 1.29 is 14.3 Å². The Labute approximate surface area is 126 Å². The summed E-state index contributed by atoms with van der Waals surface area (Å²) in [6, 6.07) is -0.503. The third-order valence-corrected chi connectivity index (χ3v) is 4.15. The zero-order chi connectivity index (χ0) is 15.2. The highest BCUT2D eigenvalue weighted by Crippen LogP contribution is 2.19. The highest BCUT2D eigenvalue weighted by Gasteiger charge is 2.35. The van der Waals surface area contributed by atoms with Crippen LogP contribution in [-0.4, -0.2) is 67.2 Å². The topological polar surface area (TPSA) is 61.9 Å². The van der Waals surface area contributed by atoms with Crippen LogP contribution in [0.2, 0.25) is 0 Å². The number of hydrogen-bond donors (Lipinski definition) is 1. The van der Waals surface area contributed by atoms with E-state index < -0.39 is 6.04 Å². The second kappa shape index (κ2) is 7.64. The van der Waals surface area contributed by atoms with Gasteiger partial charge in [0, 0.05) is 26.2 Å². The molecule has 0 aromatic rings. The predicted octanol–water partition coefficient (Wildman–Crippen LogP) is 1.07. The lowest BCUT2D eigenvalue weighted by atomic mass is 10.0. The number of likely N-dealkylation sites (tertiary alicyclic amines) is 1. The van der Waals surface area contributed by atoms with Gasteiger partial charge in [0.25, 0.3) is 0 Å². The number of amides is 3. The second-order valence-electron chi connectivity index (χ2n) is 6.05. The number of nitrogens with zero attached hydrogens (tertiary/aromatic N) is 2. The van der Waals surface area contributed by atoms with Crippen molar-refractivity contribution in [1.29, 1.82) is 0 Å². The average Bonchev–Trinajstić information content (AvgIpc) is 2.52. The van der Waals surface area contributed by atoms with Gasteiger partial charge in [0.2, 0.25) is 5.91 Å². The maximum Gasteiger partial charge on any atom is 0.320 e. The molecule has 3 amide bonds. The maximum atomic E-state index is 12.7. The van der Waals surface area contributed by atoms with Crippen LogP contribution < -0.4 is 5.32 Å². The highest BCUT2D eigenvalue weighted by atomic mass is 16.5. The van der Waals surface area contributed by atoms with E-state index in [1.165, 1.54) is 6.42 Å². The summed E-state index contributed by atoms with van der Waals surface area (Å²) in [6.07, 6.45) is 3.11. The van der Waals surface area contributed by atoms with Crippen LogP contribution in [0, 0.1) is 5.92 Å². The summed E-state index contributed by atoms with van der Waals surface area (Å²) in [6.45, 7) is 7.70. The van der Waals surface area contributed by atoms with E-state index in [1.54, 1.807) is 4.90 Å². The molecule has 0 aliphatic carbocycles. The summed E-state index contributed by atoms with van der Waals surface area (Å²) in [5.74, 6) is 0.436. The number of carbonyl (C=O) groups excluding carboxylic acids is 2. The fourth-order valence-corrected chi connectivity index (χ4v) is 2.96. The molecule has 120 valence electrons. The molecule has 1 N–H and O–H groups in total. The van der Waals surface area contributed by atoms with Gasteiger partial charge in [-0.25, -0.2) is 4.79 Å². The van der Waals surface area contributed by atoms with Crippen LogP contribution in [0.5, 0.6) is 0 Å². The van der Waals surface area contributed by atoms with Crippen LogP contribution in [0.3, 0.4) is 0 Å². The van der Waals surface area contributed by atoms with E-state index in [2.05, 4.69) is 12.2 Å². The number of urea groups is 1. The standard InChI is InChI=1S/C15H27N3O3/c1-3-6-16-14(19)13-11-21-9-8-18(13)15(20)17-7-4-5-12(2)10-17/h12-13H,3-11H2,1-2H3,(H,16,19). The summed E-state index contributed by atoms with van der Waals surface area (Å²) in [4.78, 5) is 28.5. The van der Waals surface area contributed by atoms with E-state index in [4.69, 9.17) is 4.74 Å². The Balaban J connectivity index is 2.00. The van der Waals surface area contributed by atoms with Gasteiger partial charge in [0.05, 0.1) is 13.2 Å². The Kier molecular flexibility index (Phi) is 5.85. The van der Waals surface area contributed by atoms with Crippen molar-refractivity contribution in [2.45, 2.75) is 39.2 Å². The zero-order valence-electron chi connectivity index (χ0n) is 13.1. The first-order valence-electron chi connectivity index (χ1n) is 8.04. The maximum absolute atomic E-state index is 12.7. The molecule has 0 aromatic heterocycles. The second-order valence-corrected chi connectivity index (χ2v) is 6.05. The zero-order valence-corrected chi connectivity index (χ0v) is 13.1. The third kappa shape index (κ3) is 4.09. The summed E-state index contributed by atoms with van der Waals surface area (Å²) < 4.78 is 5.40. The molecule has 2 saturated heterocycles. The van der Waals surface area contributed by atoms with Crippen LogP contribution in [0.15, 0.2) is 0 Å². The minimum absolute atomic E-state index is 0.0125. The van der Waals surface area contributed by atoms with Crippen molar-refractivity contribution in [3.8, 4) is 0 Å². The van der Waals surface area contributed by atoms with Gasteiger partial charge in [-0.15, -0.1) is 0 Å². The van der Waals surface area contributed by atoms with E-state index in [0.717, 1.165) is 25.9 Å². The Morgan fingerprint density at radius 1 is 1.33 bits per heavy atom. The minimum atomic E-state index is -0.491. The summed E-state index contributed by atoms with van der Waals surface area (Å²) in [5.41, 5.74) is 0. The Morgan fingerprint density at radius 2 is 2.14 bits per heavy atom.